The van der Waals surface area contributed by atoms with E-state index in [1.54, 1.807) is 25.7 Å². The number of unbranched alkanes of at least 4 members (excludes halogenated alkanes) is 4. The molecule has 0 spiro atoms. The minimum Gasteiger partial charge on any atom is -0.444 e. The molecule has 222 valence electrons. The van der Waals surface area contributed by atoms with Gasteiger partial charge in [-0.15, -0.1) is 0 Å². The fraction of sp³-hybridized carbons (Fsp3) is 0.719. The zero-order chi connectivity index (χ0) is 29.6. The average Bonchev–Trinajstić information content (AvgIpc) is 2.85. The van der Waals surface area contributed by atoms with Gasteiger partial charge in [0.1, 0.15) is 17.7 Å². The molecule has 2 N–H and O–H groups in total. The second kappa shape index (κ2) is 17.2. The van der Waals surface area contributed by atoms with Crippen LogP contribution in [0.1, 0.15) is 124 Å². The normalized spacial score (nSPS) is 14.6. The molecule has 3 amide bonds. The number of hydrogen-bond acceptors (Lipinski definition) is 4. The van der Waals surface area contributed by atoms with E-state index in [0.717, 1.165) is 56.1 Å². The Balaban J connectivity index is 3.49. The third-order valence-electron chi connectivity index (χ3n) is 7.00. The Bertz CT molecular complexity index is 878. The van der Waals surface area contributed by atoms with E-state index in [9.17, 15) is 14.4 Å². The molecule has 0 saturated heterocycles. The summed E-state index contributed by atoms with van der Waals surface area (Å²) < 4.78 is 5.50. The van der Waals surface area contributed by atoms with Crippen LogP contribution in [0.3, 0.4) is 0 Å². The van der Waals surface area contributed by atoms with Gasteiger partial charge in [-0.05, 0) is 58.9 Å². The zero-order valence-electron chi connectivity index (χ0n) is 26.1. The molecule has 0 radical (unpaired) electrons. The van der Waals surface area contributed by atoms with Crippen LogP contribution in [0.15, 0.2) is 24.3 Å². The van der Waals surface area contributed by atoms with Crippen molar-refractivity contribution >= 4 is 17.9 Å². The maximum absolute atomic E-state index is 14.3. The maximum Gasteiger partial charge on any atom is 0.408 e. The van der Waals surface area contributed by atoms with Crippen LogP contribution in [0, 0.1) is 12.8 Å². The minimum absolute atomic E-state index is 0.0118. The number of nitrogens with one attached hydrogen (secondary N) is 2. The Morgan fingerprint density at radius 2 is 1.51 bits per heavy atom. The molecular weight excluding hydrogens is 490 g/mol. The van der Waals surface area contributed by atoms with Gasteiger partial charge in [-0.25, -0.2) is 4.79 Å². The van der Waals surface area contributed by atoms with Gasteiger partial charge in [0.25, 0.3) is 0 Å². The molecule has 0 fully saturated rings. The van der Waals surface area contributed by atoms with Crippen molar-refractivity contribution in [1.29, 1.82) is 0 Å². The van der Waals surface area contributed by atoms with Gasteiger partial charge in [-0.3, -0.25) is 9.59 Å². The molecule has 0 bridgehead atoms. The Labute approximate surface area is 237 Å². The molecule has 0 aliphatic rings. The summed E-state index contributed by atoms with van der Waals surface area (Å²) in [6.45, 7) is 18.0. The summed E-state index contributed by atoms with van der Waals surface area (Å²) in [6, 6.07) is 6.19. The topological polar surface area (TPSA) is 87.7 Å². The highest BCUT2D eigenvalue weighted by Gasteiger charge is 2.38. The Kier molecular flexibility index (Phi) is 15.2. The molecule has 0 aliphatic carbocycles. The number of alkyl carbamates (subject to hydrolysis) is 1. The summed E-state index contributed by atoms with van der Waals surface area (Å²) in [5.74, 6) is -0.593. The summed E-state index contributed by atoms with van der Waals surface area (Å²) in [5, 5.41) is 6.00. The van der Waals surface area contributed by atoms with Crippen molar-refractivity contribution in [2.45, 2.75) is 137 Å². The van der Waals surface area contributed by atoms with Gasteiger partial charge >= 0.3 is 6.09 Å². The molecule has 7 nitrogen and oxygen atoms in total. The number of hydrogen-bond donors (Lipinski definition) is 2. The van der Waals surface area contributed by atoms with E-state index in [4.69, 9.17) is 4.74 Å². The van der Waals surface area contributed by atoms with E-state index >= 15 is 0 Å². The van der Waals surface area contributed by atoms with Gasteiger partial charge < -0.3 is 20.3 Å². The smallest absolute Gasteiger partial charge is 0.408 e. The average molecular weight is 546 g/mol. The molecule has 39 heavy (non-hydrogen) atoms. The molecule has 7 heteroatoms. The van der Waals surface area contributed by atoms with Crippen molar-refractivity contribution in [3.8, 4) is 0 Å². The van der Waals surface area contributed by atoms with Crippen molar-refractivity contribution < 1.29 is 19.1 Å². The molecule has 1 aromatic rings. The van der Waals surface area contributed by atoms with Crippen molar-refractivity contribution in [2.24, 2.45) is 5.92 Å². The predicted molar refractivity (Wildman–Crippen MR) is 160 cm³/mol. The van der Waals surface area contributed by atoms with Crippen molar-refractivity contribution in [3.63, 3.8) is 0 Å². The van der Waals surface area contributed by atoms with Crippen LogP contribution >= 0.6 is 0 Å². The highest BCUT2D eigenvalue weighted by molar-refractivity contribution is 5.92. The van der Waals surface area contributed by atoms with E-state index in [2.05, 4.69) is 24.5 Å². The molecule has 4 unspecified atom stereocenters. The number of carbonyl (C=O) groups is 3. The highest BCUT2D eigenvalue weighted by atomic mass is 16.6. The predicted octanol–water partition coefficient (Wildman–Crippen LogP) is 7.08. The SMILES string of the molecule is CCCCCCCN(C(=O)C(NC(=O)OC(C)(C)C)C(C)CC)C(C(=O)NC(C)CCC)c1ccc(C)cc1. The molecule has 4 atom stereocenters. The maximum atomic E-state index is 14.3. The summed E-state index contributed by atoms with van der Waals surface area (Å²) in [7, 11) is 0. The first-order valence-electron chi connectivity index (χ1n) is 15.0. The van der Waals surface area contributed by atoms with Gasteiger partial charge in [0.05, 0.1) is 0 Å². The lowest BCUT2D eigenvalue weighted by atomic mass is 9.95. The van der Waals surface area contributed by atoms with Crippen LogP contribution in [-0.2, 0) is 14.3 Å². The molecule has 1 rings (SSSR count). The van der Waals surface area contributed by atoms with E-state index in [1.165, 1.54) is 0 Å². The van der Waals surface area contributed by atoms with Crippen molar-refractivity contribution in [2.75, 3.05) is 6.54 Å². The minimum atomic E-state index is -0.811. The highest BCUT2D eigenvalue weighted by Crippen LogP contribution is 2.26. The second-order valence-corrected chi connectivity index (χ2v) is 12.0. The van der Waals surface area contributed by atoms with Crippen LogP contribution in [-0.4, -0.2) is 47.0 Å². The van der Waals surface area contributed by atoms with Crippen LogP contribution in [0.2, 0.25) is 0 Å². The van der Waals surface area contributed by atoms with Gasteiger partial charge in [-0.2, -0.15) is 0 Å². The molecule has 1 aromatic carbocycles. The number of carbonyl (C=O) groups excluding carboxylic acids is 3. The number of amides is 3. The molecule has 0 aliphatic heterocycles. The van der Waals surface area contributed by atoms with Crippen molar-refractivity contribution in [3.05, 3.63) is 35.4 Å². The summed E-state index contributed by atoms with van der Waals surface area (Å²) in [5.41, 5.74) is 1.16. The van der Waals surface area contributed by atoms with Crippen molar-refractivity contribution in [1.82, 2.24) is 15.5 Å². The lowest BCUT2D eigenvalue weighted by Crippen LogP contribution is -2.55. The van der Waals surface area contributed by atoms with E-state index < -0.39 is 23.8 Å². The lowest BCUT2D eigenvalue weighted by Gasteiger charge is -2.36. The van der Waals surface area contributed by atoms with Gasteiger partial charge in [0, 0.05) is 12.6 Å². The van der Waals surface area contributed by atoms with Gasteiger partial charge in [0.15, 0.2) is 0 Å². The third kappa shape index (κ3) is 12.4. The summed E-state index contributed by atoms with van der Waals surface area (Å²) >= 11 is 0. The number of ether oxygens (including phenoxy) is 1. The third-order valence-corrected chi connectivity index (χ3v) is 7.00. The first-order chi connectivity index (χ1) is 18.3. The Morgan fingerprint density at radius 1 is 0.897 bits per heavy atom. The molecule has 0 saturated carbocycles. The largest absolute Gasteiger partial charge is 0.444 e. The lowest BCUT2D eigenvalue weighted by molar-refractivity contribution is -0.143. The number of aryl methyl sites for hydroxylation is 1. The Morgan fingerprint density at radius 3 is 2.05 bits per heavy atom. The molecule has 0 heterocycles. The molecular formula is C32H55N3O4. The Hall–Kier alpha value is -2.57. The fourth-order valence-corrected chi connectivity index (χ4v) is 4.60. The second-order valence-electron chi connectivity index (χ2n) is 12.0. The monoisotopic (exact) mass is 545 g/mol. The standard InChI is InChI=1S/C32H55N3O4/c1-10-13-14-15-16-22-35(30(37)27(24(5)12-3)34-31(38)39-32(7,8)9)28(26-20-18-23(4)19-21-26)29(36)33-25(6)17-11-2/h18-21,24-25,27-28H,10-17,22H2,1-9H3,(H,33,36)(H,34,38). The van der Waals surface area contributed by atoms with Crippen LogP contribution in [0.25, 0.3) is 0 Å². The van der Waals surface area contributed by atoms with Gasteiger partial charge in [0.2, 0.25) is 11.8 Å². The van der Waals surface area contributed by atoms with E-state index in [-0.39, 0.29) is 23.8 Å². The van der Waals surface area contributed by atoms with Crippen LogP contribution in [0.4, 0.5) is 4.79 Å². The first kappa shape index (κ1) is 34.5. The quantitative estimate of drug-likeness (QED) is 0.217. The molecule has 0 aromatic heterocycles. The van der Waals surface area contributed by atoms with Crippen LogP contribution in [0.5, 0.6) is 0 Å². The van der Waals surface area contributed by atoms with E-state index in [1.807, 2.05) is 52.0 Å². The number of nitrogens with zero attached hydrogens (tertiary/aromatic N) is 1. The fourth-order valence-electron chi connectivity index (χ4n) is 4.60. The summed E-state index contributed by atoms with van der Waals surface area (Å²) in [4.78, 5) is 42.7. The number of benzene rings is 1. The van der Waals surface area contributed by atoms with Crippen LogP contribution < -0.4 is 10.6 Å². The number of rotatable bonds is 16. The summed E-state index contributed by atoms with van der Waals surface area (Å²) in [6.07, 6.45) is 6.97. The van der Waals surface area contributed by atoms with E-state index in [0.29, 0.717) is 13.0 Å². The zero-order valence-corrected chi connectivity index (χ0v) is 26.1. The first-order valence-corrected chi connectivity index (χ1v) is 15.0. The van der Waals surface area contributed by atoms with Gasteiger partial charge in [-0.1, -0.05) is 96.0 Å².